The summed E-state index contributed by atoms with van der Waals surface area (Å²) in [7, 11) is 0. The molecule has 0 radical (unpaired) electrons. The molecular formula is C11H12N4O2. The second kappa shape index (κ2) is 4.14. The van der Waals surface area contributed by atoms with E-state index in [2.05, 4.69) is 20.4 Å². The van der Waals surface area contributed by atoms with E-state index >= 15 is 0 Å². The van der Waals surface area contributed by atoms with Crippen molar-refractivity contribution < 1.29 is 4.52 Å². The number of aromatic nitrogens is 3. The van der Waals surface area contributed by atoms with Gasteiger partial charge in [-0.05, 0) is 18.9 Å². The molecule has 0 atom stereocenters. The maximum atomic E-state index is 11.1. The smallest absolute Gasteiger partial charge is 0.258 e. The van der Waals surface area contributed by atoms with Gasteiger partial charge in [-0.15, -0.1) is 0 Å². The van der Waals surface area contributed by atoms with Crippen LogP contribution in [0.3, 0.4) is 0 Å². The van der Waals surface area contributed by atoms with Crippen LogP contribution in [-0.2, 0) is 6.54 Å². The van der Waals surface area contributed by atoms with Gasteiger partial charge in [0.15, 0.2) is 5.82 Å². The molecule has 0 bridgehead atoms. The van der Waals surface area contributed by atoms with E-state index in [9.17, 15) is 4.79 Å². The lowest BCUT2D eigenvalue weighted by atomic mass is 10.3. The van der Waals surface area contributed by atoms with Crippen molar-refractivity contribution in [3.05, 3.63) is 34.5 Å². The van der Waals surface area contributed by atoms with Gasteiger partial charge in [0.05, 0.1) is 6.54 Å². The molecule has 1 aliphatic rings. The Hall–Kier alpha value is -1.95. The molecule has 6 nitrogen and oxygen atoms in total. The van der Waals surface area contributed by atoms with Crippen LogP contribution in [0.4, 0.5) is 0 Å². The molecule has 6 heteroatoms. The molecule has 0 amide bonds. The predicted molar refractivity (Wildman–Crippen MR) is 60.2 cm³/mol. The standard InChI is InChI=1S/C11H12N4O2/c16-10-5-7(3-4-12-10)11-14-9(15-17-11)6-13-8-1-2-8/h3-5,8,13H,1-2,6H2,(H,12,16). The van der Waals surface area contributed by atoms with Gasteiger partial charge in [0.25, 0.3) is 5.89 Å². The monoisotopic (exact) mass is 232 g/mol. The highest BCUT2D eigenvalue weighted by Gasteiger charge is 2.21. The Labute approximate surface area is 97.1 Å². The lowest BCUT2D eigenvalue weighted by Gasteiger charge is -1.94. The Morgan fingerprint density at radius 2 is 2.41 bits per heavy atom. The molecule has 2 aromatic heterocycles. The second-order valence-corrected chi connectivity index (χ2v) is 4.11. The van der Waals surface area contributed by atoms with Gasteiger partial charge >= 0.3 is 0 Å². The first-order chi connectivity index (χ1) is 8.31. The maximum Gasteiger partial charge on any atom is 0.258 e. The van der Waals surface area contributed by atoms with Gasteiger partial charge in [0.2, 0.25) is 5.56 Å². The van der Waals surface area contributed by atoms with Gasteiger partial charge in [-0.25, -0.2) is 0 Å². The molecule has 3 rings (SSSR count). The van der Waals surface area contributed by atoms with Crippen LogP contribution < -0.4 is 10.9 Å². The number of hydrogen-bond donors (Lipinski definition) is 2. The molecule has 0 aliphatic heterocycles. The van der Waals surface area contributed by atoms with E-state index in [1.807, 2.05) is 0 Å². The summed E-state index contributed by atoms with van der Waals surface area (Å²) in [6.45, 7) is 0.608. The molecule has 17 heavy (non-hydrogen) atoms. The van der Waals surface area contributed by atoms with Crippen LogP contribution in [0.15, 0.2) is 27.6 Å². The average molecular weight is 232 g/mol. The van der Waals surface area contributed by atoms with Crippen molar-refractivity contribution in [3.63, 3.8) is 0 Å². The van der Waals surface area contributed by atoms with Crippen LogP contribution in [0.1, 0.15) is 18.7 Å². The number of rotatable bonds is 4. The lowest BCUT2D eigenvalue weighted by Crippen LogP contribution is -2.16. The number of pyridine rings is 1. The number of aromatic amines is 1. The zero-order chi connectivity index (χ0) is 11.7. The first-order valence-electron chi connectivity index (χ1n) is 5.56. The lowest BCUT2D eigenvalue weighted by molar-refractivity contribution is 0.419. The van der Waals surface area contributed by atoms with Crippen molar-refractivity contribution in [1.82, 2.24) is 20.4 Å². The van der Waals surface area contributed by atoms with Gasteiger partial charge in [0, 0.05) is 23.9 Å². The van der Waals surface area contributed by atoms with Crippen molar-refractivity contribution in [2.45, 2.75) is 25.4 Å². The Kier molecular flexibility index (Phi) is 2.49. The number of H-pyrrole nitrogens is 1. The van der Waals surface area contributed by atoms with E-state index in [1.165, 1.54) is 18.9 Å². The van der Waals surface area contributed by atoms with Gasteiger partial charge in [-0.1, -0.05) is 5.16 Å². The van der Waals surface area contributed by atoms with Gasteiger partial charge in [0.1, 0.15) is 0 Å². The summed E-state index contributed by atoms with van der Waals surface area (Å²) in [6, 6.07) is 3.77. The topological polar surface area (TPSA) is 83.8 Å². The summed E-state index contributed by atoms with van der Waals surface area (Å²) in [4.78, 5) is 17.9. The highest BCUT2D eigenvalue weighted by Crippen LogP contribution is 2.19. The fourth-order valence-electron chi connectivity index (χ4n) is 1.54. The van der Waals surface area contributed by atoms with E-state index in [1.54, 1.807) is 12.3 Å². The van der Waals surface area contributed by atoms with Gasteiger partial charge < -0.3 is 14.8 Å². The fraction of sp³-hybridized carbons (Fsp3) is 0.364. The van der Waals surface area contributed by atoms with Crippen molar-refractivity contribution in [1.29, 1.82) is 0 Å². The van der Waals surface area contributed by atoms with Crippen LogP contribution >= 0.6 is 0 Å². The summed E-state index contributed by atoms with van der Waals surface area (Å²) in [5.41, 5.74) is 0.456. The zero-order valence-electron chi connectivity index (χ0n) is 9.14. The Bertz CT molecular complexity index is 571. The molecular weight excluding hydrogens is 220 g/mol. The maximum absolute atomic E-state index is 11.1. The molecule has 2 heterocycles. The van der Waals surface area contributed by atoms with E-state index in [4.69, 9.17) is 4.52 Å². The third-order valence-electron chi connectivity index (χ3n) is 2.62. The number of nitrogens with one attached hydrogen (secondary N) is 2. The van der Waals surface area contributed by atoms with Crippen LogP contribution in [0.25, 0.3) is 11.5 Å². The SMILES string of the molecule is O=c1cc(-c2nc(CNC3CC3)no2)cc[nH]1. The summed E-state index contributed by atoms with van der Waals surface area (Å²) in [6.07, 6.45) is 4.00. The van der Waals surface area contributed by atoms with E-state index in [-0.39, 0.29) is 5.56 Å². The quantitative estimate of drug-likeness (QED) is 0.809. The van der Waals surface area contributed by atoms with E-state index in [0.29, 0.717) is 29.9 Å². The van der Waals surface area contributed by atoms with Crippen LogP contribution in [0.5, 0.6) is 0 Å². The van der Waals surface area contributed by atoms with E-state index in [0.717, 1.165) is 0 Å². The Balaban J connectivity index is 1.76. The number of hydrogen-bond acceptors (Lipinski definition) is 5. The van der Waals surface area contributed by atoms with Crippen LogP contribution in [0, 0.1) is 0 Å². The minimum atomic E-state index is -0.182. The fourth-order valence-corrected chi connectivity index (χ4v) is 1.54. The molecule has 2 aromatic rings. The summed E-state index contributed by atoms with van der Waals surface area (Å²) in [5, 5.41) is 7.16. The molecule has 1 saturated carbocycles. The average Bonchev–Trinajstić information content (AvgIpc) is 3.04. The third kappa shape index (κ3) is 2.42. The van der Waals surface area contributed by atoms with Crippen molar-refractivity contribution >= 4 is 0 Å². The van der Waals surface area contributed by atoms with Crippen molar-refractivity contribution in [2.75, 3.05) is 0 Å². The molecule has 0 aromatic carbocycles. The largest absolute Gasteiger partial charge is 0.334 e. The molecule has 2 N–H and O–H groups in total. The molecule has 88 valence electrons. The highest BCUT2D eigenvalue weighted by atomic mass is 16.5. The first kappa shape index (κ1) is 10.2. The Morgan fingerprint density at radius 3 is 3.18 bits per heavy atom. The van der Waals surface area contributed by atoms with Gasteiger partial charge in [-0.2, -0.15) is 4.98 Å². The minimum Gasteiger partial charge on any atom is -0.334 e. The highest BCUT2D eigenvalue weighted by molar-refractivity contribution is 5.50. The molecule has 0 spiro atoms. The Morgan fingerprint density at radius 1 is 1.53 bits per heavy atom. The molecule has 1 fully saturated rings. The van der Waals surface area contributed by atoms with E-state index < -0.39 is 0 Å². The first-order valence-corrected chi connectivity index (χ1v) is 5.56. The van der Waals surface area contributed by atoms with Crippen molar-refractivity contribution in [2.24, 2.45) is 0 Å². The zero-order valence-corrected chi connectivity index (χ0v) is 9.14. The molecule has 0 saturated heterocycles. The molecule has 1 aliphatic carbocycles. The van der Waals surface area contributed by atoms with Gasteiger partial charge in [-0.3, -0.25) is 4.79 Å². The predicted octanol–water partition coefficient (Wildman–Crippen LogP) is 0.677. The van der Waals surface area contributed by atoms with Crippen LogP contribution in [-0.4, -0.2) is 21.2 Å². The second-order valence-electron chi connectivity index (χ2n) is 4.11. The number of nitrogens with zero attached hydrogens (tertiary/aromatic N) is 2. The summed E-state index contributed by atoms with van der Waals surface area (Å²) in [5.74, 6) is 0.996. The van der Waals surface area contributed by atoms with Crippen LogP contribution in [0.2, 0.25) is 0 Å². The summed E-state index contributed by atoms with van der Waals surface area (Å²) >= 11 is 0. The normalized spacial score (nSPS) is 15.1. The molecule has 0 unspecified atom stereocenters. The minimum absolute atomic E-state index is 0.182. The summed E-state index contributed by atoms with van der Waals surface area (Å²) < 4.78 is 5.10. The third-order valence-corrected chi connectivity index (χ3v) is 2.62. The van der Waals surface area contributed by atoms with Crippen molar-refractivity contribution in [3.8, 4) is 11.5 Å².